The number of guanidine groups is 2. The van der Waals surface area contributed by atoms with E-state index in [0.717, 1.165) is 37.6 Å². The molecule has 2 aliphatic heterocycles. The zero-order valence-electron chi connectivity index (χ0n) is 23.1. The van der Waals surface area contributed by atoms with Crippen molar-refractivity contribution in [3.05, 3.63) is 72.3 Å². The van der Waals surface area contributed by atoms with Gasteiger partial charge in [0.25, 0.3) is 11.8 Å². The van der Waals surface area contributed by atoms with E-state index in [1.807, 2.05) is 58.3 Å². The molecule has 2 aromatic carbocycles. The Morgan fingerprint density at radius 2 is 0.976 bits per heavy atom. The Bertz CT molecular complexity index is 1340. The number of anilines is 4. The molecule has 14 heteroatoms. The van der Waals surface area contributed by atoms with E-state index in [9.17, 15) is 9.59 Å². The number of hydrogen-bond donors (Lipinski definition) is 6. The molecule has 2 aliphatic rings. The number of carbonyl (C=O) groups is 2. The summed E-state index contributed by atoms with van der Waals surface area (Å²) in [5.74, 6) is -0.734. The number of benzene rings is 2. The van der Waals surface area contributed by atoms with Crippen molar-refractivity contribution in [1.82, 2.24) is 19.8 Å². The van der Waals surface area contributed by atoms with Crippen LogP contribution in [-0.2, 0) is 0 Å². The predicted octanol–water partition coefficient (Wildman–Crippen LogP) is 1.01. The molecule has 2 saturated heterocycles. The van der Waals surface area contributed by atoms with Crippen molar-refractivity contribution < 1.29 is 9.59 Å². The van der Waals surface area contributed by atoms with Gasteiger partial charge in [-0.25, -0.2) is 9.97 Å². The van der Waals surface area contributed by atoms with Gasteiger partial charge in [-0.15, -0.1) is 0 Å². The molecule has 0 unspecified atom stereocenters. The van der Waals surface area contributed by atoms with Gasteiger partial charge in [0, 0.05) is 81.2 Å². The summed E-state index contributed by atoms with van der Waals surface area (Å²) in [5, 5.41) is 20.8. The third-order valence-electron chi connectivity index (χ3n) is 7.35. The molecule has 8 N–H and O–H groups in total. The van der Waals surface area contributed by atoms with Crippen molar-refractivity contribution >= 4 is 46.5 Å². The van der Waals surface area contributed by atoms with Crippen LogP contribution in [0, 0.1) is 10.8 Å². The highest BCUT2D eigenvalue weighted by Gasteiger charge is 2.20. The topological polar surface area (TPSA) is 197 Å². The van der Waals surface area contributed by atoms with Crippen LogP contribution in [0.1, 0.15) is 21.0 Å². The maximum absolute atomic E-state index is 12.9. The van der Waals surface area contributed by atoms with Crippen molar-refractivity contribution in [2.24, 2.45) is 11.5 Å². The summed E-state index contributed by atoms with van der Waals surface area (Å²) >= 11 is 0. The first kappa shape index (κ1) is 28.1. The van der Waals surface area contributed by atoms with Gasteiger partial charge in [-0.1, -0.05) is 0 Å². The van der Waals surface area contributed by atoms with Gasteiger partial charge < -0.3 is 41.7 Å². The van der Waals surface area contributed by atoms with E-state index in [1.165, 1.54) is 12.4 Å². The molecule has 14 nitrogen and oxygen atoms in total. The van der Waals surface area contributed by atoms with Gasteiger partial charge in [-0.3, -0.25) is 20.4 Å². The number of aromatic nitrogens is 2. The number of hydrogen-bond acceptors (Lipinski definition) is 8. The van der Waals surface area contributed by atoms with Gasteiger partial charge in [-0.2, -0.15) is 0 Å². The van der Waals surface area contributed by atoms with Crippen molar-refractivity contribution in [2.75, 3.05) is 72.8 Å². The minimum absolute atomic E-state index is 0.0691. The summed E-state index contributed by atoms with van der Waals surface area (Å²) in [6, 6.07) is 16.3. The van der Waals surface area contributed by atoms with E-state index in [4.69, 9.17) is 22.3 Å². The van der Waals surface area contributed by atoms with Crippen LogP contribution in [0.3, 0.4) is 0 Å². The van der Waals surface area contributed by atoms with Crippen LogP contribution >= 0.6 is 0 Å². The molecular weight excluding hydrogens is 536 g/mol. The lowest BCUT2D eigenvalue weighted by Crippen LogP contribution is -2.50. The van der Waals surface area contributed by atoms with Crippen molar-refractivity contribution in [2.45, 2.75) is 0 Å². The number of nitrogens with zero attached hydrogens (tertiary/aromatic N) is 6. The monoisotopic (exact) mass is 570 g/mol. The van der Waals surface area contributed by atoms with Crippen molar-refractivity contribution in [1.29, 1.82) is 10.8 Å². The second-order valence-corrected chi connectivity index (χ2v) is 10.0. The smallest absolute Gasteiger partial charge is 0.274 e. The lowest BCUT2D eigenvalue weighted by atomic mass is 10.2. The average molecular weight is 571 g/mol. The number of rotatable bonds is 6. The van der Waals surface area contributed by atoms with Crippen LogP contribution in [0.2, 0.25) is 0 Å². The Morgan fingerprint density at radius 1 is 0.619 bits per heavy atom. The van der Waals surface area contributed by atoms with Gasteiger partial charge in [0.05, 0.1) is 0 Å². The van der Waals surface area contributed by atoms with E-state index in [-0.39, 0.29) is 23.3 Å². The molecule has 1 aromatic heterocycles. The maximum Gasteiger partial charge on any atom is 0.274 e. The third-order valence-corrected chi connectivity index (χ3v) is 7.35. The standard InChI is InChI=1S/C28H34N12O2/c29-27(30)39-13-9-37(10-14-39)21-5-1-19(2-6-21)35-25(41)23-17-24(34-18-33-23)26(42)36-20-3-7-22(8-4-20)38-11-15-40(16-12-38)28(31)32/h1-8,17-18H,9-16H2,(H3,29,30)(H3,31,32)(H,35,41)(H,36,42). The van der Waals surface area contributed by atoms with E-state index < -0.39 is 11.8 Å². The normalized spacial score (nSPS) is 15.2. The Hall–Kier alpha value is -5.40. The summed E-state index contributed by atoms with van der Waals surface area (Å²) in [6.45, 7) is 5.74. The predicted molar refractivity (Wildman–Crippen MR) is 162 cm³/mol. The third kappa shape index (κ3) is 6.66. The fourth-order valence-electron chi connectivity index (χ4n) is 4.92. The molecule has 2 amide bonds. The molecule has 5 rings (SSSR count). The van der Waals surface area contributed by atoms with Crippen LogP contribution in [0.4, 0.5) is 22.7 Å². The number of piperazine rings is 2. The molecule has 2 fully saturated rings. The van der Waals surface area contributed by atoms with E-state index in [1.54, 1.807) is 0 Å². The summed E-state index contributed by atoms with van der Waals surface area (Å²) in [7, 11) is 0. The van der Waals surface area contributed by atoms with Crippen LogP contribution < -0.4 is 31.9 Å². The molecule has 0 saturated carbocycles. The Kier molecular flexibility index (Phi) is 8.32. The van der Waals surface area contributed by atoms with Crippen LogP contribution in [0.5, 0.6) is 0 Å². The van der Waals surface area contributed by atoms with Gasteiger partial charge in [0.1, 0.15) is 17.7 Å². The SMILES string of the molecule is N=C(N)N1CCN(c2ccc(NC(=O)c3cc(C(=O)Nc4ccc(N5CCN(C(=N)N)CC5)cc4)ncn3)cc2)CC1. The maximum atomic E-state index is 12.9. The number of carbonyl (C=O) groups excluding carboxylic acids is 2. The molecule has 0 radical (unpaired) electrons. The molecule has 42 heavy (non-hydrogen) atoms. The second kappa shape index (κ2) is 12.4. The highest BCUT2D eigenvalue weighted by molar-refractivity contribution is 6.07. The molecule has 218 valence electrons. The van der Waals surface area contributed by atoms with Gasteiger partial charge in [0.15, 0.2) is 11.9 Å². The highest BCUT2D eigenvalue weighted by atomic mass is 16.2. The second-order valence-electron chi connectivity index (χ2n) is 10.0. The van der Waals surface area contributed by atoms with Gasteiger partial charge >= 0.3 is 0 Å². The van der Waals surface area contributed by atoms with Crippen LogP contribution in [0.25, 0.3) is 0 Å². The molecule has 0 spiro atoms. The molecule has 0 atom stereocenters. The van der Waals surface area contributed by atoms with Gasteiger partial charge in [0.2, 0.25) is 0 Å². The lowest BCUT2D eigenvalue weighted by Gasteiger charge is -2.36. The minimum atomic E-state index is -0.455. The molecular formula is C28H34N12O2. The van der Waals surface area contributed by atoms with Crippen molar-refractivity contribution in [3.63, 3.8) is 0 Å². The summed E-state index contributed by atoms with van der Waals surface area (Å²) in [6.07, 6.45) is 1.19. The largest absolute Gasteiger partial charge is 0.370 e. The quantitative estimate of drug-likeness (QED) is 0.184. The zero-order valence-corrected chi connectivity index (χ0v) is 23.1. The van der Waals surface area contributed by atoms with E-state index in [0.29, 0.717) is 37.6 Å². The minimum Gasteiger partial charge on any atom is -0.370 e. The summed E-state index contributed by atoms with van der Waals surface area (Å²) < 4.78 is 0. The fraction of sp³-hybridized carbons (Fsp3) is 0.286. The summed E-state index contributed by atoms with van der Waals surface area (Å²) in [4.78, 5) is 41.9. The first-order chi connectivity index (χ1) is 20.3. The number of amides is 2. The fourth-order valence-corrected chi connectivity index (χ4v) is 4.92. The Labute approximate surface area is 243 Å². The summed E-state index contributed by atoms with van der Waals surface area (Å²) in [5.41, 5.74) is 14.5. The molecule has 0 aliphatic carbocycles. The number of nitrogens with one attached hydrogen (secondary N) is 4. The Morgan fingerprint density at radius 3 is 1.31 bits per heavy atom. The van der Waals surface area contributed by atoms with Gasteiger partial charge in [-0.05, 0) is 48.5 Å². The Balaban J connectivity index is 1.14. The molecule has 0 bridgehead atoms. The highest BCUT2D eigenvalue weighted by Crippen LogP contribution is 2.21. The lowest BCUT2D eigenvalue weighted by molar-refractivity contribution is 0.102. The van der Waals surface area contributed by atoms with E-state index in [2.05, 4.69) is 30.4 Å². The molecule has 3 heterocycles. The number of nitrogens with two attached hydrogens (primary N) is 2. The first-order valence-corrected chi connectivity index (χ1v) is 13.6. The zero-order chi connectivity index (χ0) is 29.6. The first-order valence-electron chi connectivity index (χ1n) is 13.6. The average Bonchev–Trinajstić information content (AvgIpc) is 3.02. The van der Waals surface area contributed by atoms with E-state index >= 15 is 0 Å². The van der Waals surface area contributed by atoms with Crippen LogP contribution in [-0.4, -0.2) is 95.9 Å². The van der Waals surface area contributed by atoms with Crippen molar-refractivity contribution in [3.8, 4) is 0 Å². The molecule has 3 aromatic rings. The van der Waals surface area contributed by atoms with Crippen LogP contribution in [0.15, 0.2) is 60.9 Å².